The lowest BCUT2D eigenvalue weighted by atomic mass is 9.44. The van der Waals surface area contributed by atoms with Gasteiger partial charge in [-0.1, -0.05) is 19.4 Å². The minimum atomic E-state index is -0.130. The maximum atomic E-state index is 12.4. The average Bonchev–Trinajstić information content (AvgIpc) is 2.85. The molecule has 3 saturated carbocycles. The van der Waals surface area contributed by atoms with E-state index in [0.717, 1.165) is 36.7 Å². The predicted molar refractivity (Wildman–Crippen MR) is 106 cm³/mol. The molecule has 4 aliphatic carbocycles. The molecule has 4 aliphatic rings. The van der Waals surface area contributed by atoms with Crippen LogP contribution in [0.5, 0.6) is 0 Å². The number of hydrogen-bond donors (Lipinski definition) is 0. The summed E-state index contributed by atoms with van der Waals surface area (Å²) in [5, 5.41) is 0. The van der Waals surface area contributed by atoms with E-state index < -0.39 is 0 Å². The van der Waals surface area contributed by atoms with Gasteiger partial charge < -0.3 is 4.74 Å². The number of esters is 1. The van der Waals surface area contributed by atoms with Crippen molar-refractivity contribution >= 4 is 11.8 Å². The first-order valence-corrected chi connectivity index (χ1v) is 11.0. The van der Waals surface area contributed by atoms with Crippen molar-refractivity contribution in [2.45, 2.75) is 92.1 Å². The number of hydrogen-bond acceptors (Lipinski definition) is 3. The average molecular weight is 373 g/mol. The highest BCUT2D eigenvalue weighted by atomic mass is 16.5. The van der Waals surface area contributed by atoms with Crippen LogP contribution in [0.1, 0.15) is 86.0 Å². The number of fused-ring (bicyclic) bond motifs is 5. The Morgan fingerprint density at radius 3 is 2.41 bits per heavy atom. The monoisotopic (exact) mass is 372 g/mol. The van der Waals surface area contributed by atoms with E-state index in [0.29, 0.717) is 23.0 Å². The third-order valence-corrected chi connectivity index (χ3v) is 9.22. The molecule has 0 amide bonds. The topological polar surface area (TPSA) is 43.4 Å². The van der Waals surface area contributed by atoms with Gasteiger partial charge in [-0.25, -0.2) is 0 Å². The van der Waals surface area contributed by atoms with Crippen LogP contribution in [-0.4, -0.2) is 17.9 Å². The van der Waals surface area contributed by atoms with Crippen LogP contribution in [0, 0.1) is 34.5 Å². The molecule has 0 N–H and O–H groups in total. The lowest BCUT2D eigenvalue weighted by molar-refractivity contribution is -0.159. The van der Waals surface area contributed by atoms with E-state index in [4.69, 9.17) is 4.74 Å². The second-order valence-corrected chi connectivity index (χ2v) is 10.5. The minimum absolute atomic E-state index is 0.106. The minimum Gasteiger partial charge on any atom is -0.463 e. The summed E-state index contributed by atoms with van der Waals surface area (Å²) in [6.45, 7) is 10.4. The third-order valence-electron chi connectivity index (χ3n) is 9.22. The zero-order chi connectivity index (χ0) is 19.6. The first-order valence-electron chi connectivity index (χ1n) is 11.0. The second kappa shape index (κ2) is 6.46. The number of carbonyl (C=O) groups excluding carboxylic acids is 2. The summed E-state index contributed by atoms with van der Waals surface area (Å²) in [4.78, 5) is 23.8. The zero-order valence-electron chi connectivity index (χ0n) is 17.8. The molecule has 0 spiro atoms. The first-order chi connectivity index (χ1) is 12.7. The molecule has 0 unspecified atom stereocenters. The van der Waals surface area contributed by atoms with Gasteiger partial charge in [0.2, 0.25) is 0 Å². The molecule has 0 aromatic heterocycles. The van der Waals surface area contributed by atoms with E-state index in [1.54, 1.807) is 6.92 Å². The van der Waals surface area contributed by atoms with E-state index in [1.807, 2.05) is 0 Å². The Labute approximate surface area is 164 Å². The summed E-state index contributed by atoms with van der Waals surface area (Å²) in [6, 6.07) is 0. The van der Waals surface area contributed by atoms with Crippen LogP contribution in [0.2, 0.25) is 0 Å². The standard InChI is InChI=1S/C24H36O3/c1-14-12-21-19-7-6-17-13-18(27-16(3)26)8-10-23(17,4)20(19)9-11-24(21,5)22(14)15(2)25/h17-21H,6-13H2,1-5H3/t17-,18+,19+,20-,21+,23-,24+/m0/s1. The van der Waals surface area contributed by atoms with Gasteiger partial charge in [-0.15, -0.1) is 0 Å². The fraction of sp³-hybridized carbons (Fsp3) is 0.833. The Kier molecular flexibility index (Phi) is 4.59. The summed E-state index contributed by atoms with van der Waals surface area (Å²) in [6.07, 6.45) is 9.49. The Hall–Kier alpha value is -1.12. The van der Waals surface area contributed by atoms with Gasteiger partial charge in [-0.2, -0.15) is 0 Å². The summed E-state index contributed by atoms with van der Waals surface area (Å²) in [5.74, 6) is 3.03. The van der Waals surface area contributed by atoms with E-state index in [1.165, 1.54) is 44.6 Å². The molecule has 0 heterocycles. The van der Waals surface area contributed by atoms with Gasteiger partial charge in [0.1, 0.15) is 6.10 Å². The number of rotatable bonds is 2. The van der Waals surface area contributed by atoms with Crippen LogP contribution < -0.4 is 0 Å². The Morgan fingerprint density at radius 1 is 1.00 bits per heavy atom. The molecule has 0 aromatic rings. The van der Waals surface area contributed by atoms with Crippen molar-refractivity contribution in [3.63, 3.8) is 0 Å². The van der Waals surface area contributed by atoms with Gasteiger partial charge in [0.05, 0.1) is 0 Å². The van der Waals surface area contributed by atoms with Gasteiger partial charge in [-0.3, -0.25) is 9.59 Å². The van der Waals surface area contributed by atoms with Gasteiger partial charge in [0.25, 0.3) is 0 Å². The van der Waals surface area contributed by atoms with Crippen LogP contribution in [0.3, 0.4) is 0 Å². The molecule has 0 saturated heterocycles. The number of ether oxygens (including phenoxy) is 1. The van der Waals surface area contributed by atoms with E-state index in [2.05, 4.69) is 20.8 Å². The molecule has 3 heteroatoms. The van der Waals surface area contributed by atoms with Gasteiger partial charge >= 0.3 is 5.97 Å². The lowest BCUT2D eigenvalue weighted by Crippen LogP contribution is -2.54. The SMILES string of the molecule is CC(=O)O[C@@H]1CC[C@@]2(C)[C@@H](CC[C@H]3[C@H]4CC(C)=C(C(C)=O)[C@]4(C)CC[C@@H]32)C1. The largest absolute Gasteiger partial charge is 0.463 e. The Balaban J connectivity index is 1.57. The molecule has 150 valence electrons. The molecule has 27 heavy (non-hydrogen) atoms. The van der Waals surface area contributed by atoms with Crippen molar-refractivity contribution < 1.29 is 14.3 Å². The van der Waals surface area contributed by atoms with Crippen molar-refractivity contribution in [1.29, 1.82) is 0 Å². The highest BCUT2D eigenvalue weighted by molar-refractivity contribution is 5.96. The second-order valence-electron chi connectivity index (χ2n) is 10.5. The van der Waals surface area contributed by atoms with Crippen LogP contribution >= 0.6 is 0 Å². The zero-order valence-corrected chi connectivity index (χ0v) is 17.8. The maximum absolute atomic E-state index is 12.4. The molecule has 0 aromatic carbocycles. The first kappa shape index (κ1) is 19.2. The molecule has 3 nitrogen and oxygen atoms in total. The van der Waals surface area contributed by atoms with Gasteiger partial charge in [0.15, 0.2) is 5.78 Å². The number of Topliss-reactive ketones (excluding diaryl/α,β-unsaturated/α-hetero) is 1. The van der Waals surface area contributed by atoms with Crippen LogP contribution in [0.4, 0.5) is 0 Å². The van der Waals surface area contributed by atoms with Crippen LogP contribution in [0.25, 0.3) is 0 Å². The van der Waals surface area contributed by atoms with Crippen molar-refractivity contribution in [2.75, 3.05) is 0 Å². The lowest BCUT2D eigenvalue weighted by Gasteiger charge is -2.60. The quantitative estimate of drug-likeness (QED) is 0.603. The highest BCUT2D eigenvalue weighted by Gasteiger charge is 2.59. The van der Waals surface area contributed by atoms with E-state index in [9.17, 15) is 9.59 Å². The molecule has 0 aliphatic heterocycles. The Bertz CT molecular complexity index is 692. The molecular weight excluding hydrogens is 336 g/mol. The highest BCUT2D eigenvalue weighted by Crippen LogP contribution is 2.67. The fourth-order valence-electron chi connectivity index (χ4n) is 8.19. The number of carbonyl (C=O) groups is 2. The smallest absolute Gasteiger partial charge is 0.302 e. The van der Waals surface area contributed by atoms with Crippen LogP contribution in [0.15, 0.2) is 11.1 Å². The summed E-state index contributed by atoms with van der Waals surface area (Å²) in [5.41, 5.74) is 3.02. The van der Waals surface area contributed by atoms with Crippen molar-refractivity contribution in [2.24, 2.45) is 34.5 Å². The Morgan fingerprint density at radius 2 is 1.74 bits per heavy atom. The molecule has 4 rings (SSSR count). The molecule has 0 bridgehead atoms. The van der Waals surface area contributed by atoms with E-state index >= 15 is 0 Å². The molecule has 0 radical (unpaired) electrons. The summed E-state index contributed by atoms with van der Waals surface area (Å²) >= 11 is 0. The van der Waals surface area contributed by atoms with Crippen LogP contribution in [-0.2, 0) is 14.3 Å². The van der Waals surface area contributed by atoms with Crippen molar-refractivity contribution in [3.05, 3.63) is 11.1 Å². The van der Waals surface area contributed by atoms with Gasteiger partial charge in [-0.05, 0) is 105 Å². The number of ketones is 1. The summed E-state index contributed by atoms with van der Waals surface area (Å²) in [7, 11) is 0. The maximum Gasteiger partial charge on any atom is 0.302 e. The van der Waals surface area contributed by atoms with Gasteiger partial charge in [0, 0.05) is 6.92 Å². The van der Waals surface area contributed by atoms with Crippen molar-refractivity contribution in [1.82, 2.24) is 0 Å². The summed E-state index contributed by atoms with van der Waals surface area (Å²) < 4.78 is 5.58. The van der Waals surface area contributed by atoms with E-state index in [-0.39, 0.29) is 17.5 Å². The predicted octanol–water partition coefficient (Wildman–Crippen LogP) is 5.48. The fourth-order valence-corrected chi connectivity index (χ4v) is 8.19. The number of allylic oxidation sites excluding steroid dienone is 2. The molecular formula is C24H36O3. The van der Waals surface area contributed by atoms with Crippen molar-refractivity contribution in [3.8, 4) is 0 Å². The molecule has 3 fully saturated rings. The molecule has 7 atom stereocenters. The third kappa shape index (κ3) is 2.83. The normalized spacial score (nSPS) is 46.3.